The summed E-state index contributed by atoms with van der Waals surface area (Å²) in [6, 6.07) is 15.7. The minimum Gasteiger partial charge on any atom is -0.497 e. The van der Waals surface area contributed by atoms with E-state index in [0.717, 1.165) is 28.9 Å². The van der Waals surface area contributed by atoms with Gasteiger partial charge in [0, 0.05) is 10.9 Å². The number of nitrogens with two attached hydrogens (primary N) is 1. The van der Waals surface area contributed by atoms with Crippen molar-refractivity contribution < 1.29 is 19.9 Å². The van der Waals surface area contributed by atoms with Crippen LogP contribution in [0.5, 0.6) is 11.5 Å². The molecule has 0 aliphatic rings. The highest BCUT2D eigenvalue weighted by atomic mass is 79.9. The Morgan fingerprint density at radius 1 is 1.13 bits per heavy atom. The van der Waals surface area contributed by atoms with Gasteiger partial charge >= 0.3 is 0 Å². The second-order valence-electron chi connectivity index (χ2n) is 5.33. The van der Waals surface area contributed by atoms with E-state index in [9.17, 15) is 5.11 Å². The molecule has 0 aromatic heterocycles. The number of methoxy groups -OCH3 is 1. The van der Waals surface area contributed by atoms with E-state index in [1.165, 1.54) is 5.56 Å². The summed E-state index contributed by atoms with van der Waals surface area (Å²) in [5.74, 6) is 1.63. The van der Waals surface area contributed by atoms with Crippen LogP contribution in [0.2, 0.25) is 0 Å². The maximum Gasteiger partial charge on any atom is 0.137 e. The lowest BCUT2D eigenvalue weighted by Gasteiger charge is -2.11. The minimum absolute atomic E-state index is 0.301. The molecule has 2 aromatic rings. The van der Waals surface area contributed by atoms with Crippen LogP contribution in [-0.4, -0.2) is 38.0 Å². The quantitative estimate of drug-likeness (QED) is 0.654. The first-order valence-electron chi connectivity index (χ1n) is 7.68. The van der Waals surface area contributed by atoms with E-state index < -0.39 is 6.10 Å². The third kappa shape index (κ3) is 6.60. The van der Waals surface area contributed by atoms with Gasteiger partial charge in [0.25, 0.3) is 0 Å². The van der Waals surface area contributed by atoms with Crippen LogP contribution in [0.3, 0.4) is 0 Å². The molecule has 0 saturated carbocycles. The lowest BCUT2D eigenvalue weighted by Crippen LogP contribution is -2.87. The van der Waals surface area contributed by atoms with Crippen molar-refractivity contribution in [2.45, 2.75) is 12.5 Å². The Labute approximate surface area is 145 Å². The van der Waals surface area contributed by atoms with E-state index >= 15 is 0 Å². The Hall–Kier alpha value is -1.56. The van der Waals surface area contributed by atoms with E-state index in [4.69, 9.17) is 9.47 Å². The second-order valence-corrected chi connectivity index (χ2v) is 6.25. The fraction of sp³-hybridized carbons (Fsp3) is 0.333. The lowest BCUT2D eigenvalue weighted by atomic mass is 10.1. The maximum absolute atomic E-state index is 9.96. The average molecular weight is 381 g/mol. The Morgan fingerprint density at radius 3 is 2.61 bits per heavy atom. The molecule has 2 aromatic carbocycles. The Balaban J connectivity index is 1.61. The molecular formula is C18H23BrNO3+. The first-order chi connectivity index (χ1) is 11.2. The molecule has 4 nitrogen and oxygen atoms in total. The fourth-order valence-electron chi connectivity index (χ4n) is 2.19. The van der Waals surface area contributed by atoms with E-state index in [-0.39, 0.29) is 0 Å². The summed E-state index contributed by atoms with van der Waals surface area (Å²) in [6.45, 7) is 1.86. The summed E-state index contributed by atoms with van der Waals surface area (Å²) in [7, 11) is 1.67. The van der Waals surface area contributed by atoms with Gasteiger partial charge in [-0.05, 0) is 35.9 Å². The van der Waals surface area contributed by atoms with E-state index in [1.54, 1.807) is 7.11 Å². The van der Waals surface area contributed by atoms with Crippen molar-refractivity contribution in [3.05, 3.63) is 58.6 Å². The summed E-state index contributed by atoms with van der Waals surface area (Å²) in [5.41, 5.74) is 1.27. The van der Waals surface area contributed by atoms with Crippen molar-refractivity contribution in [1.82, 2.24) is 0 Å². The number of quaternary nitrogens is 1. The third-order valence-electron chi connectivity index (χ3n) is 3.47. The number of rotatable bonds is 9. The molecule has 5 heteroatoms. The van der Waals surface area contributed by atoms with Gasteiger partial charge in [-0.3, -0.25) is 0 Å². The van der Waals surface area contributed by atoms with Crippen LogP contribution >= 0.6 is 15.9 Å². The minimum atomic E-state index is -0.482. The molecule has 1 atom stereocenters. The highest BCUT2D eigenvalue weighted by Gasteiger charge is 2.07. The number of hydrogen-bond donors (Lipinski definition) is 2. The standard InChI is InChI=1S/C18H22BrNO3/c1-22-17-7-5-14(6-8-17)9-10-20-12-16(21)13-23-18-4-2-3-15(19)11-18/h2-8,11,16,20-21H,9-10,12-13H2,1H3/p+1/t16-/m0/s1. The largest absolute Gasteiger partial charge is 0.497 e. The molecular weight excluding hydrogens is 358 g/mol. The monoisotopic (exact) mass is 380 g/mol. The van der Waals surface area contributed by atoms with Gasteiger partial charge in [0.15, 0.2) is 0 Å². The number of hydrogen-bond acceptors (Lipinski definition) is 3. The molecule has 2 rings (SSSR count). The van der Waals surface area contributed by atoms with Gasteiger partial charge in [-0.25, -0.2) is 0 Å². The van der Waals surface area contributed by atoms with Crippen molar-refractivity contribution in [2.75, 3.05) is 26.8 Å². The molecule has 0 amide bonds. The van der Waals surface area contributed by atoms with Crippen LogP contribution in [0.15, 0.2) is 53.0 Å². The summed E-state index contributed by atoms with van der Waals surface area (Å²) < 4.78 is 11.7. The number of aliphatic hydroxyl groups is 1. The summed E-state index contributed by atoms with van der Waals surface area (Å²) in [6.07, 6.45) is 0.480. The van der Waals surface area contributed by atoms with Crippen LogP contribution < -0.4 is 14.8 Å². The van der Waals surface area contributed by atoms with Gasteiger partial charge < -0.3 is 19.9 Å². The predicted octanol–water partition coefficient (Wildman–Crippen LogP) is 2.00. The zero-order valence-corrected chi connectivity index (χ0v) is 14.8. The highest BCUT2D eigenvalue weighted by Crippen LogP contribution is 2.17. The Bertz CT molecular complexity index is 589. The normalized spacial score (nSPS) is 12.0. The molecule has 0 heterocycles. The van der Waals surface area contributed by atoms with Gasteiger partial charge in [-0.1, -0.05) is 34.1 Å². The van der Waals surface area contributed by atoms with Crippen LogP contribution in [-0.2, 0) is 6.42 Å². The van der Waals surface area contributed by atoms with E-state index in [1.807, 2.05) is 36.4 Å². The lowest BCUT2D eigenvalue weighted by molar-refractivity contribution is -0.660. The molecule has 0 bridgehead atoms. The Morgan fingerprint density at radius 2 is 1.91 bits per heavy atom. The van der Waals surface area contributed by atoms with Crippen LogP contribution in [0.4, 0.5) is 0 Å². The fourth-order valence-corrected chi connectivity index (χ4v) is 2.57. The second kappa shape index (κ2) is 9.55. The molecule has 0 spiro atoms. The molecule has 23 heavy (non-hydrogen) atoms. The van der Waals surface area contributed by atoms with Crippen molar-refractivity contribution >= 4 is 15.9 Å². The van der Waals surface area contributed by atoms with E-state index in [0.29, 0.717) is 13.2 Å². The summed E-state index contributed by atoms with van der Waals surface area (Å²) >= 11 is 3.40. The predicted molar refractivity (Wildman–Crippen MR) is 94.0 cm³/mol. The van der Waals surface area contributed by atoms with Crippen LogP contribution in [0.1, 0.15) is 5.56 Å². The maximum atomic E-state index is 9.96. The topological polar surface area (TPSA) is 55.3 Å². The van der Waals surface area contributed by atoms with Crippen LogP contribution in [0.25, 0.3) is 0 Å². The van der Waals surface area contributed by atoms with Gasteiger partial charge in [-0.15, -0.1) is 0 Å². The van der Waals surface area contributed by atoms with Gasteiger partial charge in [0.2, 0.25) is 0 Å². The third-order valence-corrected chi connectivity index (χ3v) is 3.97. The first kappa shape index (κ1) is 17.8. The molecule has 3 N–H and O–H groups in total. The number of ether oxygens (including phenoxy) is 2. The van der Waals surface area contributed by atoms with Crippen molar-refractivity contribution in [1.29, 1.82) is 0 Å². The summed E-state index contributed by atoms with van der Waals surface area (Å²) in [5, 5.41) is 12.1. The van der Waals surface area contributed by atoms with Crippen LogP contribution in [0, 0.1) is 0 Å². The average Bonchev–Trinajstić information content (AvgIpc) is 2.57. The molecule has 0 aliphatic heterocycles. The molecule has 0 unspecified atom stereocenters. The van der Waals surface area contributed by atoms with Gasteiger partial charge in [0.1, 0.15) is 30.8 Å². The number of aliphatic hydroxyl groups excluding tert-OH is 1. The zero-order valence-electron chi connectivity index (χ0n) is 13.2. The molecule has 124 valence electrons. The van der Waals surface area contributed by atoms with Crippen molar-refractivity contribution in [3.63, 3.8) is 0 Å². The number of benzene rings is 2. The molecule has 0 fully saturated rings. The van der Waals surface area contributed by atoms with Crippen molar-refractivity contribution in [2.24, 2.45) is 0 Å². The number of halogens is 1. The molecule has 0 radical (unpaired) electrons. The highest BCUT2D eigenvalue weighted by molar-refractivity contribution is 9.10. The smallest absolute Gasteiger partial charge is 0.137 e. The SMILES string of the molecule is COc1ccc(CC[NH2+]C[C@H](O)COc2cccc(Br)c2)cc1. The van der Waals surface area contributed by atoms with Crippen molar-refractivity contribution in [3.8, 4) is 11.5 Å². The zero-order chi connectivity index (χ0) is 16.5. The van der Waals surface area contributed by atoms with E-state index in [2.05, 4.69) is 33.4 Å². The van der Waals surface area contributed by atoms with Gasteiger partial charge in [-0.2, -0.15) is 0 Å². The summed E-state index contributed by atoms with van der Waals surface area (Å²) in [4.78, 5) is 0. The first-order valence-corrected chi connectivity index (χ1v) is 8.47. The molecule has 0 aliphatic carbocycles. The Kier molecular flexibility index (Phi) is 7.39. The van der Waals surface area contributed by atoms with Gasteiger partial charge in [0.05, 0.1) is 13.7 Å². The molecule has 0 saturated heterocycles.